The van der Waals surface area contributed by atoms with Crippen molar-refractivity contribution in [3.8, 4) is 0 Å². The van der Waals surface area contributed by atoms with E-state index in [-0.39, 0.29) is 0 Å². The summed E-state index contributed by atoms with van der Waals surface area (Å²) in [4.78, 5) is 4.09. The average molecular weight is 280 g/mol. The maximum absolute atomic E-state index is 5.48. The number of hydrogen-bond acceptors (Lipinski definition) is 6. The lowest BCUT2D eigenvalue weighted by Crippen LogP contribution is -2.46. The molecule has 112 valence electrons. The van der Waals surface area contributed by atoms with Gasteiger partial charge in [0, 0.05) is 32.3 Å². The van der Waals surface area contributed by atoms with Crippen LogP contribution in [0.3, 0.4) is 0 Å². The van der Waals surface area contributed by atoms with Gasteiger partial charge in [0.1, 0.15) is 0 Å². The first-order valence-corrected chi connectivity index (χ1v) is 7.49. The summed E-state index contributed by atoms with van der Waals surface area (Å²) in [6, 6.07) is 1.17. The van der Waals surface area contributed by atoms with Crippen LogP contribution in [0.4, 0.5) is 0 Å². The molecule has 1 aliphatic carbocycles. The molecule has 1 N–H and O–H groups in total. The first kappa shape index (κ1) is 13.9. The van der Waals surface area contributed by atoms with Crippen LogP contribution in [0.25, 0.3) is 0 Å². The second-order valence-corrected chi connectivity index (χ2v) is 5.82. The number of tetrazole rings is 1. The predicted molar refractivity (Wildman–Crippen MR) is 74.1 cm³/mol. The summed E-state index contributed by atoms with van der Waals surface area (Å²) in [5, 5.41) is 15.7. The van der Waals surface area contributed by atoms with E-state index in [1.165, 1.54) is 24.1 Å². The van der Waals surface area contributed by atoms with Gasteiger partial charge >= 0.3 is 0 Å². The van der Waals surface area contributed by atoms with Crippen LogP contribution in [0.2, 0.25) is 0 Å². The maximum Gasteiger partial charge on any atom is 0.188 e. The molecule has 1 saturated carbocycles. The summed E-state index contributed by atoms with van der Waals surface area (Å²) in [6.07, 6.45) is 5.38. The highest BCUT2D eigenvalue weighted by molar-refractivity contribution is 4.94. The van der Waals surface area contributed by atoms with E-state index >= 15 is 0 Å². The maximum atomic E-state index is 5.48. The summed E-state index contributed by atoms with van der Waals surface area (Å²) < 4.78 is 5.48. The Balaban J connectivity index is 1.53. The van der Waals surface area contributed by atoms with E-state index in [0.717, 1.165) is 25.3 Å². The van der Waals surface area contributed by atoms with Gasteiger partial charge in [0.15, 0.2) is 5.82 Å². The van der Waals surface area contributed by atoms with E-state index in [4.69, 9.17) is 4.74 Å². The van der Waals surface area contributed by atoms with Gasteiger partial charge in [-0.2, -0.15) is 4.80 Å². The monoisotopic (exact) mass is 280 g/mol. The third-order valence-corrected chi connectivity index (χ3v) is 4.53. The lowest BCUT2D eigenvalue weighted by Gasteiger charge is -2.29. The Bertz CT molecular complexity index is 436. The molecular formula is C13H24N6O. The number of ether oxygens (including phenoxy) is 1. The molecule has 1 aromatic rings. The van der Waals surface area contributed by atoms with E-state index in [0.29, 0.717) is 24.7 Å². The lowest BCUT2D eigenvalue weighted by atomic mass is 10.1. The van der Waals surface area contributed by atoms with E-state index in [2.05, 4.69) is 25.6 Å². The quantitative estimate of drug-likeness (QED) is 0.815. The number of methoxy groups -OCH3 is 1. The van der Waals surface area contributed by atoms with Crippen LogP contribution < -0.4 is 5.32 Å². The van der Waals surface area contributed by atoms with Crippen molar-refractivity contribution in [3.05, 3.63) is 5.82 Å². The van der Waals surface area contributed by atoms with Crippen molar-refractivity contribution in [2.75, 3.05) is 20.2 Å². The van der Waals surface area contributed by atoms with Crippen LogP contribution in [0.5, 0.6) is 0 Å². The van der Waals surface area contributed by atoms with E-state index < -0.39 is 0 Å². The molecule has 0 bridgehead atoms. The highest BCUT2D eigenvalue weighted by atomic mass is 16.5. The van der Waals surface area contributed by atoms with Crippen LogP contribution >= 0.6 is 0 Å². The van der Waals surface area contributed by atoms with Crippen LogP contribution in [-0.4, -0.2) is 63.5 Å². The summed E-state index contributed by atoms with van der Waals surface area (Å²) in [6.45, 7) is 2.93. The van der Waals surface area contributed by atoms with Crippen molar-refractivity contribution < 1.29 is 4.74 Å². The second-order valence-electron chi connectivity index (χ2n) is 5.82. The Hall–Kier alpha value is -1.05. The minimum absolute atomic E-state index is 0.415. The second kappa shape index (κ2) is 6.15. The number of nitrogens with zero attached hydrogens (tertiary/aromatic N) is 5. The zero-order valence-electron chi connectivity index (χ0n) is 12.3. The summed E-state index contributed by atoms with van der Waals surface area (Å²) >= 11 is 0. The van der Waals surface area contributed by atoms with Crippen LogP contribution in [0, 0.1) is 0 Å². The fourth-order valence-corrected chi connectivity index (χ4v) is 3.48. The van der Waals surface area contributed by atoms with Gasteiger partial charge in [-0.05, 0) is 24.5 Å². The van der Waals surface area contributed by atoms with Crippen LogP contribution in [-0.2, 0) is 18.3 Å². The molecule has 7 heteroatoms. The molecule has 1 saturated heterocycles. The number of rotatable bonds is 5. The smallest absolute Gasteiger partial charge is 0.188 e. The number of aromatic nitrogens is 4. The van der Waals surface area contributed by atoms with Gasteiger partial charge in [-0.25, -0.2) is 0 Å². The molecule has 2 heterocycles. The Labute approximate surface area is 119 Å². The first-order valence-electron chi connectivity index (χ1n) is 7.49. The molecule has 0 spiro atoms. The molecule has 7 nitrogen and oxygen atoms in total. The van der Waals surface area contributed by atoms with Crippen molar-refractivity contribution >= 4 is 0 Å². The molecule has 0 amide bonds. The van der Waals surface area contributed by atoms with Gasteiger partial charge in [-0.1, -0.05) is 6.42 Å². The minimum atomic E-state index is 0.415. The van der Waals surface area contributed by atoms with Gasteiger partial charge in [0.2, 0.25) is 0 Å². The summed E-state index contributed by atoms with van der Waals surface area (Å²) in [5.41, 5.74) is 0. The molecule has 1 aromatic heterocycles. The lowest BCUT2D eigenvalue weighted by molar-refractivity contribution is 0.0979. The molecule has 2 fully saturated rings. The van der Waals surface area contributed by atoms with Gasteiger partial charge in [-0.3, -0.25) is 4.90 Å². The number of aryl methyl sites for hydroxylation is 1. The largest absolute Gasteiger partial charge is 0.380 e. The van der Waals surface area contributed by atoms with E-state index in [1.807, 2.05) is 7.11 Å². The number of likely N-dealkylation sites (tertiary alicyclic amines) is 1. The zero-order chi connectivity index (χ0) is 13.9. The topological polar surface area (TPSA) is 68.1 Å². The fourth-order valence-electron chi connectivity index (χ4n) is 3.48. The molecular weight excluding hydrogens is 256 g/mol. The molecule has 1 unspecified atom stereocenters. The molecule has 0 radical (unpaired) electrons. The van der Waals surface area contributed by atoms with Crippen molar-refractivity contribution in [1.29, 1.82) is 0 Å². The SMILES string of the molecule is COC1CCN([C@H]2CCC[C@H]2NCc2nnn(C)n2)C1. The number of nitrogens with one attached hydrogen (secondary N) is 1. The molecule has 2 aliphatic rings. The van der Waals surface area contributed by atoms with Crippen LogP contribution in [0.15, 0.2) is 0 Å². The average Bonchev–Trinajstić information content (AvgIpc) is 3.16. The Morgan fingerprint density at radius 2 is 2.25 bits per heavy atom. The predicted octanol–water partition coefficient (Wildman–Crippen LogP) is -0.0585. The van der Waals surface area contributed by atoms with Crippen molar-refractivity contribution in [3.63, 3.8) is 0 Å². The van der Waals surface area contributed by atoms with Gasteiger partial charge in [-0.15, -0.1) is 10.2 Å². The van der Waals surface area contributed by atoms with Gasteiger partial charge in [0.05, 0.1) is 19.7 Å². The highest BCUT2D eigenvalue weighted by Gasteiger charge is 2.35. The molecule has 20 heavy (non-hydrogen) atoms. The van der Waals surface area contributed by atoms with E-state index in [1.54, 1.807) is 7.05 Å². The zero-order valence-corrected chi connectivity index (χ0v) is 12.3. The molecule has 3 rings (SSSR count). The van der Waals surface area contributed by atoms with Crippen molar-refractivity contribution in [1.82, 2.24) is 30.4 Å². The van der Waals surface area contributed by atoms with Gasteiger partial charge < -0.3 is 10.1 Å². The van der Waals surface area contributed by atoms with E-state index in [9.17, 15) is 0 Å². The molecule has 0 aromatic carbocycles. The molecule has 1 aliphatic heterocycles. The third kappa shape index (κ3) is 2.99. The third-order valence-electron chi connectivity index (χ3n) is 4.53. The summed E-state index contributed by atoms with van der Waals surface area (Å²) in [5.74, 6) is 0.773. The van der Waals surface area contributed by atoms with Gasteiger partial charge in [0.25, 0.3) is 0 Å². The first-order chi connectivity index (χ1) is 9.76. The number of hydrogen-bond donors (Lipinski definition) is 1. The molecule has 3 atom stereocenters. The van der Waals surface area contributed by atoms with Crippen molar-refractivity contribution in [2.24, 2.45) is 7.05 Å². The normalized spacial score (nSPS) is 31.2. The summed E-state index contributed by atoms with van der Waals surface area (Å²) in [7, 11) is 3.61. The van der Waals surface area contributed by atoms with Crippen molar-refractivity contribution in [2.45, 2.75) is 50.4 Å². The highest BCUT2D eigenvalue weighted by Crippen LogP contribution is 2.28. The Morgan fingerprint density at radius 1 is 1.35 bits per heavy atom. The van der Waals surface area contributed by atoms with Crippen LogP contribution in [0.1, 0.15) is 31.5 Å². The Kier molecular flexibility index (Phi) is 4.28. The Morgan fingerprint density at radius 3 is 2.95 bits per heavy atom. The standard InChI is InChI=1S/C13H24N6O/c1-18-16-13(15-17-18)8-14-11-4-3-5-12(11)19-7-6-10(9-19)20-2/h10-12,14H,3-9H2,1-2H3/t10?,11-,12+/m1/s1. The minimum Gasteiger partial charge on any atom is -0.380 e. The fraction of sp³-hybridized carbons (Fsp3) is 0.923.